The molecule has 1 saturated heterocycles. The molecular weight excluding hydrogens is 268 g/mol. The minimum absolute atomic E-state index is 0.115. The molecule has 0 radical (unpaired) electrons. The third kappa shape index (κ3) is 4.75. The van der Waals surface area contributed by atoms with Gasteiger partial charge in [0.2, 0.25) is 0 Å². The van der Waals surface area contributed by atoms with Crippen LogP contribution in [0.15, 0.2) is 21.5 Å². The highest BCUT2D eigenvalue weighted by molar-refractivity contribution is 5.77. The van der Waals surface area contributed by atoms with Crippen LogP contribution in [0.3, 0.4) is 0 Å². The van der Waals surface area contributed by atoms with Gasteiger partial charge in [-0.25, -0.2) is 0 Å². The van der Waals surface area contributed by atoms with Crippen LogP contribution in [-0.4, -0.2) is 50.3 Å². The number of nitrogens with one attached hydrogen (secondary N) is 1. The molecule has 6 heteroatoms. The van der Waals surface area contributed by atoms with Gasteiger partial charge in [-0.2, -0.15) is 0 Å². The van der Waals surface area contributed by atoms with E-state index in [1.165, 1.54) is 0 Å². The van der Waals surface area contributed by atoms with Crippen LogP contribution < -0.4 is 11.1 Å². The molecule has 1 atom stereocenters. The summed E-state index contributed by atoms with van der Waals surface area (Å²) >= 11 is 0. The van der Waals surface area contributed by atoms with E-state index < -0.39 is 0 Å². The molecule has 118 valence electrons. The van der Waals surface area contributed by atoms with Gasteiger partial charge in [0.25, 0.3) is 0 Å². The number of aliphatic imine (C=N–C) groups is 1. The number of morpholine rings is 1. The summed E-state index contributed by atoms with van der Waals surface area (Å²) in [5.74, 6) is 2.36. The van der Waals surface area contributed by atoms with Crippen LogP contribution in [0.4, 0.5) is 0 Å². The average molecular weight is 294 g/mol. The zero-order chi connectivity index (χ0) is 15.1. The predicted molar refractivity (Wildman–Crippen MR) is 83.4 cm³/mol. The standard InChI is InChI=1S/C15H26N4O2/c1-3-6-17-15(16)18-11-13(14-5-4-12(2)21-14)19-7-9-20-10-8-19/h4-5,13H,3,6-11H2,1-2H3,(H3,16,17,18). The maximum absolute atomic E-state index is 5.89. The number of furan rings is 1. The maximum Gasteiger partial charge on any atom is 0.188 e. The second-order valence-electron chi connectivity index (χ2n) is 5.27. The van der Waals surface area contributed by atoms with Crippen molar-refractivity contribution >= 4 is 5.96 Å². The largest absolute Gasteiger partial charge is 0.465 e. The number of guanidine groups is 1. The molecular formula is C15H26N4O2. The number of ether oxygens (including phenoxy) is 1. The Morgan fingerprint density at radius 2 is 2.19 bits per heavy atom. The van der Waals surface area contributed by atoms with Gasteiger partial charge in [-0.3, -0.25) is 9.89 Å². The third-order valence-corrected chi connectivity index (χ3v) is 3.57. The zero-order valence-electron chi connectivity index (χ0n) is 13.0. The number of hydrogen-bond acceptors (Lipinski definition) is 4. The fourth-order valence-electron chi connectivity index (χ4n) is 2.40. The maximum atomic E-state index is 5.89. The number of rotatable bonds is 6. The van der Waals surface area contributed by atoms with Crippen molar-refractivity contribution in [2.24, 2.45) is 10.7 Å². The van der Waals surface area contributed by atoms with Crippen molar-refractivity contribution in [3.63, 3.8) is 0 Å². The lowest BCUT2D eigenvalue weighted by Gasteiger charge is -2.32. The minimum atomic E-state index is 0.115. The molecule has 0 bridgehead atoms. The first-order valence-corrected chi connectivity index (χ1v) is 7.62. The van der Waals surface area contributed by atoms with E-state index in [0.717, 1.165) is 50.8 Å². The number of nitrogens with zero attached hydrogens (tertiary/aromatic N) is 2. The Balaban J connectivity index is 2.04. The van der Waals surface area contributed by atoms with Crippen LogP contribution >= 0.6 is 0 Å². The molecule has 1 fully saturated rings. The van der Waals surface area contributed by atoms with E-state index in [2.05, 4.69) is 22.1 Å². The molecule has 1 aromatic rings. The summed E-state index contributed by atoms with van der Waals surface area (Å²) < 4.78 is 11.2. The molecule has 2 heterocycles. The van der Waals surface area contributed by atoms with Gasteiger partial charge in [-0.15, -0.1) is 0 Å². The molecule has 0 saturated carbocycles. The molecule has 1 aliphatic rings. The van der Waals surface area contributed by atoms with Crippen molar-refractivity contribution in [2.75, 3.05) is 39.4 Å². The zero-order valence-corrected chi connectivity index (χ0v) is 13.0. The highest BCUT2D eigenvalue weighted by atomic mass is 16.5. The Morgan fingerprint density at radius 3 is 2.81 bits per heavy atom. The van der Waals surface area contributed by atoms with Gasteiger partial charge in [0.1, 0.15) is 11.5 Å². The first-order chi connectivity index (χ1) is 10.2. The monoisotopic (exact) mass is 294 g/mol. The quantitative estimate of drug-likeness (QED) is 0.610. The normalized spacial score (nSPS) is 18.7. The lowest BCUT2D eigenvalue weighted by Crippen LogP contribution is -2.41. The van der Waals surface area contributed by atoms with Gasteiger partial charge < -0.3 is 20.2 Å². The minimum Gasteiger partial charge on any atom is -0.465 e. The Labute approximate surface area is 126 Å². The van der Waals surface area contributed by atoms with Crippen molar-refractivity contribution in [3.05, 3.63) is 23.7 Å². The molecule has 1 aromatic heterocycles. The molecule has 0 aliphatic carbocycles. The smallest absolute Gasteiger partial charge is 0.188 e. The Morgan fingerprint density at radius 1 is 1.43 bits per heavy atom. The van der Waals surface area contributed by atoms with Gasteiger partial charge >= 0.3 is 0 Å². The van der Waals surface area contributed by atoms with Crippen LogP contribution in [0, 0.1) is 6.92 Å². The molecule has 2 rings (SSSR count). The summed E-state index contributed by atoms with van der Waals surface area (Å²) in [6.07, 6.45) is 1.03. The summed E-state index contributed by atoms with van der Waals surface area (Å²) in [6.45, 7) is 8.78. The highest BCUT2D eigenvalue weighted by Gasteiger charge is 2.24. The van der Waals surface area contributed by atoms with E-state index in [9.17, 15) is 0 Å². The fraction of sp³-hybridized carbons (Fsp3) is 0.667. The van der Waals surface area contributed by atoms with Gasteiger partial charge in [0.05, 0.1) is 25.8 Å². The molecule has 0 spiro atoms. The molecule has 0 aromatic carbocycles. The van der Waals surface area contributed by atoms with Crippen molar-refractivity contribution in [1.82, 2.24) is 10.2 Å². The first kappa shape index (κ1) is 15.9. The van der Waals surface area contributed by atoms with E-state index in [1.54, 1.807) is 0 Å². The molecule has 6 nitrogen and oxygen atoms in total. The van der Waals surface area contributed by atoms with Crippen LogP contribution in [0.1, 0.15) is 30.9 Å². The Kier molecular flexibility index (Phi) is 6.07. The summed E-state index contributed by atoms with van der Waals surface area (Å²) in [5, 5.41) is 3.10. The topological polar surface area (TPSA) is 76.0 Å². The second kappa shape index (κ2) is 8.05. The fourth-order valence-corrected chi connectivity index (χ4v) is 2.40. The van der Waals surface area contributed by atoms with E-state index in [4.69, 9.17) is 14.9 Å². The molecule has 3 N–H and O–H groups in total. The molecule has 0 amide bonds. The average Bonchev–Trinajstić information content (AvgIpc) is 2.93. The Bertz CT molecular complexity index is 452. The van der Waals surface area contributed by atoms with Crippen molar-refractivity contribution in [1.29, 1.82) is 0 Å². The van der Waals surface area contributed by atoms with Crippen molar-refractivity contribution in [2.45, 2.75) is 26.3 Å². The van der Waals surface area contributed by atoms with Gasteiger partial charge in [0.15, 0.2) is 5.96 Å². The lowest BCUT2D eigenvalue weighted by atomic mass is 10.2. The predicted octanol–water partition coefficient (Wildman–Crippen LogP) is 1.28. The summed E-state index contributed by atoms with van der Waals surface area (Å²) in [7, 11) is 0. The summed E-state index contributed by atoms with van der Waals surface area (Å²) in [4.78, 5) is 6.81. The number of nitrogens with two attached hydrogens (primary N) is 1. The first-order valence-electron chi connectivity index (χ1n) is 7.62. The lowest BCUT2D eigenvalue weighted by molar-refractivity contribution is 0.0135. The molecule has 21 heavy (non-hydrogen) atoms. The van der Waals surface area contributed by atoms with E-state index >= 15 is 0 Å². The van der Waals surface area contributed by atoms with Crippen molar-refractivity contribution < 1.29 is 9.15 Å². The van der Waals surface area contributed by atoms with Crippen LogP contribution in [-0.2, 0) is 4.74 Å². The van der Waals surface area contributed by atoms with Gasteiger partial charge in [-0.1, -0.05) is 6.92 Å². The van der Waals surface area contributed by atoms with Crippen LogP contribution in [0.25, 0.3) is 0 Å². The molecule has 1 unspecified atom stereocenters. The van der Waals surface area contributed by atoms with Crippen LogP contribution in [0.5, 0.6) is 0 Å². The number of hydrogen-bond donors (Lipinski definition) is 2. The highest BCUT2D eigenvalue weighted by Crippen LogP contribution is 2.24. The second-order valence-corrected chi connectivity index (χ2v) is 5.27. The summed E-state index contributed by atoms with van der Waals surface area (Å²) in [5.41, 5.74) is 5.89. The third-order valence-electron chi connectivity index (χ3n) is 3.57. The number of aryl methyl sites for hydroxylation is 1. The van der Waals surface area contributed by atoms with E-state index in [-0.39, 0.29) is 6.04 Å². The van der Waals surface area contributed by atoms with E-state index in [1.807, 2.05) is 19.1 Å². The van der Waals surface area contributed by atoms with Gasteiger partial charge in [-0.05, 0) is 25.5 Å². The van der Waals surface area contributed by atoms with Crippen LogP contribution in [0.2, 0.25) is 0 Å². The van der Waals surface area contributed by atoms with Gasteiger partial charge in [0, 0.05) is 19.6 Å². The SMILES string of the molecule is CCCNC(N)=NCC(c1ccc(C)o1)N1CCOCC1. The summed E-state index contributed by atoms with van der Waals surface area (Å²) in [6, 6.07) is 4.14. The van der Waals surface area contributed by atoms with Crippen molar-refractivity contribution in [3.8, 4) is 0 Å². The Hall–Kier alpha value is -1.53. The van der Waals surface area contributed by atoms with E-state index in [0.29, 0.717) is 12.5 Å². The molecule has 1 aliphatic heterocycles.